The summed E-state index contributed by atoms with van der Waals surface area (Å²) < 4.78 is 15.6. The van der Waals surface area contributed by atoms with Gasteiger partial charge in [-0.2, -0.15) is 0 Å². The van der Waals surface area contributed by atoms with E-state index in [-0.39, 0.29) is 6.61 Å². The topological polar surface area (TPSA) is 169 Å². The van der Waals surface area contributed by atoms with E-state index in [0.29, 0.717) is 0 Å². The van der Waals surface area contributed by atoms with Gasteiger partial charge in [0.2, 0.25) is 0 Å². The third-order valence-electron chi connectivity index (χ3n) is 3.90. The summed E-state index contributed by atoms with van der Waals surface area (Å²) >= 11 is 0. The Kier molecular flexibility index (Phi) is 6.07. The molecule has 2 fully saturated rings. The Morgan fingerprint density at radius 2 is 1.45 bits per heavy atom. The molecule has 0 bridgehead atoms. The van der Waals surface area contributed by atoms with E-state index >= 15 is 0 Å². The van der Waals surface area contributed by atoms with Crippen LogP contribution < -0.4 is 0 Å². The van der Waals surface area contributed by atoms with Gasteiger partial charge in [0.25, 0.3) is 0 Å². The second kappa shape index (κ2) is 7.45. The van der Waals surface area contributed by atoms with Crippen molar-refractivity contribution in [2.24, 2.45) is 0 Å². The van der Waals surface area contributed by atoms with Gasteiger partial charge in [-0.05, 0) is 0 Å². The minimum atomic E-state index is -1.65. The molecule has 10 heteroatoms. The zero-order valence-electron chi connectivity index (χ0n) is 11.7. The lowest BCUT2D eigenvalue weighted by Crippen LogP contribution is -2.63. The summed E-state index contributed by atoms with van der Waals surface area (Å²) in [6.07, 6.45) is -12.3. The molecular formula is C12H22O10. The standard InChI is InChI=1S/C12H22O10/c13-1-5-8(17)9(18)10(19)12(21-5)22-11-6(2-14)20-3-4(15)7(11)16/h4-19H,1-3H2/t4-,5?,6?,7?,8+,9?,10+,11-,12+/m1/s1. The van der Waals surface area contributed by atoms with Crippen LogP contribution in [0.15, 0.2) is 0 Å². The summed E-state index contributed by atoms with van der Waals surface area (Å²) in [6, 6.07) is 0. The number of hydrogen-bond donors (Lipinski definition) is 7. The van der Waals surface area contributed by atoms with E-state index < -0.39 is 68.3 Å². The molecule has 0 aliphatic carbocycles. The summed E-state index contributed by atoms with van der Waals surface area (Å²) in [4.78, 5) is 0. The highest BCUT2D eigenvalue weighted by Crippen LogP contribution is 2.27. The van der Waals surface area contributed by atoms with Gasteiger partial charge < -0.3 is 50.0 Å². The van der Waals surface area contributed by atoms with Crippen LogP contribution in [-0.4, -0.2) is 111 Å². The van der Waals surface area contributed by atoms with Crippen LogP contribution in [-0.2, 0) is 14.2 Å². The summed E-state index contributed by atoms with van der Waals surface area (Å²) in [5, 5.41) is 67.0. The van der Waals surface area contributed by atoms with Gasteiger partial charge >= 0.3 is 0 Å². The molecule has 0 aromatic carbocycles. The zero-order valence-corrected chi connectivity index (χ0v) is 11.7. The predicted octanol–water partition coefficient (Wildman–Crippen LogP) is -4.72. The van der Waals surface area contributed by atoms with Crippen LogP contribution in [0.5, 0.6) is 0 Å². The lowest BCUT2D eigenvalue weighted by molar-refractivity contribution is -0.336. The van der Waals surface area contributed by atoms with Crippen molar-refractivity contribution in [1.29, 1.82) is 0 Å². The van der Waals surface area contributed by atoms with Gasteiger partial charge in [0.1, 0.15) is 48.8 Å². The molecular weight excluding hydrogens is 304 g/mol. The largest absolute Gasteiger partial charge is 0.394 e. The molecule has 0 amide bonds. The van der Waals surface area contributed by atoms with E-state index in [1.54, 1.807) is 0 Å². The first-order chi connectivity index (χ1) is 10.4. The first-order valence-electron chi connectivity index (χ1n) is 6.95. The zero-order chi connectivity index (χ0) is 16.4. The third-order valence-corrected chi connectivity index (χ3v) is 3.90. The number of aliphatic hydroxyl groups is 7. The molecule has 10 nitrogen and oxygen atoms in total. The molecule has 9 atom stereocenters. The van der Waals surface area contributed by atoms with Gasteiger partial charge in [-0.15, -0.1) is 0 Å². The number of ether oxygens (including phenoxy) is 3. The van der Waals surface area contributed by atoms with E-state index in [4.69, 9.17) is 19.3 Å². The molecule has 4 unspecified atom stereocenters. The average molecular weight is 326 g/mol. The van der Waals surface area contributed by atoms with Crippen LogP contribution >= 0.6 is 0 Å². The van der Waals surface area contributed by atoms with E-state index in [0.717, 1.165) is 0 Å². The van der Waals surface area contributed by atoms with E-state index in [2.05, 4.69) is 0 Å². The Morgan fingerprint density at radius 1 is 0.818 bits per heavy atom. The summed E-state index contributed by atoms with van der Waals surface area (Å²) in [5.41, 5.74) is 0. The highest BCUT2D eigenvalue weighted by atomic mass is 16.7. The van der Waals surface area contributed by atoms with Crippen LogP contribution in [0.3, 0.4) is 0 Å². The normalized spacial score (nSPS) is 50.0. The molecule has 2 rings (SSSR count). The van der Waals surface area contributed by atoms with Gasteiger partial charge in [-0.1, -0.05) is 0 Å². The number of aliphatic hydroxyl groups excluding tert-OH is 7. The van der Waals surface area contributed by atoms with Crippen LogP contribution in [0.4, 0.5) is 0 Å². The van der Waals surface area contributed by atoms with Crippen molar-refractivity contribution < 1.29 is 50.0 Å². The highest BCUT2D eigenvalue weighted by Gasteiger charge is 2.48. The molecule has 2 aliphatic heterocycles. The van der Waals surface area contributed by atoms with Crippen molar-refractivity contribution in [2.75, 3.05) is 19.8 Å². The molecule has 0 aromatic rings. The quantitative estimate of drug-likeness (QED) is 0.266. The Hall–Kier alpha value is -0.400. The Balaban J connectivity index is 2.09. The molecule has 2 saturated heterocycles. The summed E-state index contributed by atoms with van der Waals surface area (Å²) in [6.45, 7) is -1.33. The van der Waals surface area contributed by atoms with Crippen molar-refractivity contribution >= 4 is 0 Å². The van der Waals surface area contributed by atoms with Gasteiger partial charge in [0, 0.05) is 0 Å². The van der Waals surface area contributed by atoms with Crippen molar-refractivity contribution in [1.82, 2.24) is 0 Å². The van der Waals surface area contributed by atoms with Gasteiger partial charge in [0.15, 0.2) is 6.29 Å². The predicted molar refractivity (Wildman–Crippen MR) is 67.5 cm³/mol. The fourth-order valence-electron chi connectivity index (χ4n) is 2.51. The molecule has 0 radical (unpaired) electrons. The molecule has 130 valence electrons. The maximum Gasteiger partial charge on any atom is 0.187 e. The molecule has 22 heavy (non-hydrogen) atoms. The fourth-order valence-corrected chi connectivity index (χ4v) is 2.51. The first-order valence-corrected chi connectivity index (χ1v) is 6.95. The maximum atomic E-state index is 9.93. The number of hydrogen-bond acceptors (Lipinski definition) is 10. The SMILES string of the molecule is OCC1O[C@@H](O[C@@H]2C(CO)OC[C@@H](O)C2O)[C@@H](O)C(O)[C@H]1O. The Bertz CT molecular complexity index is 351. The second-order valence-corrected chi connectivity index (χ2v) is 5.41. The second-order valence-electron chi connectivity index (χ2n) is 5.41. The minimum Gasteiger partial charge on any atom is -0.394 e. The van der Waals surface area contributed by atoms with Crippen molar-refractivity contribution in [2.45, 2.75) is 55.1 Å². The summed E-state index contributed by atoms with van der Waals surface area (Å²) in [5.74, 6) is 0. The molecule has 2 heterocycles. The molecule has 0 aromatic heterocycles. The first kappa shape index (κ1) is 17.9. The smallest absolute Gasteiger partial charge is 0.187 e. The lowest BCUT2D eigenvalue weighted by Gasteiger charge is -2.44. The van der Waals surface area contributed by atoms with E-state index in [9.17, 15) is 30.6 Å². The monoisotopic (exact) mass is 326 g/mol. The molecule has 2 aliphatic rings. The highest BCUT2D eigenvalue weighted by molar-refractivity contribution is 4.92. The summed E-state index contributed by atoms with van der Waals surface area (Å²) in [7, 11) is 0. The van der Waals surface area contributed by atoms with Crippen LogP contribution in [0.1, 0.15) is 0 Å². The Morgan fingerprint density at radius 3 is 2.05 bits per heavy atom. The van der Waals surface area contributed by atoms with Crippen LogP contribution in [0.2, 0.25) is 0 Å². The minimum absolute atomic E-state index is 0.194. The van der Waals surface area contributed by atoms with E-state index in [1.807, 2.05) is 0 Å². The fraction of sp³-hybridized carbons (Fsp3) is 1.00. The van der Waals surface area contributed by atoms with Crippen LogP contribution in [0, 0.1) is 0 Å². The van der Waals surface area contributed by atoms with E-state index in [1.165, 1.54) is 0 Å². The molecule has 7 N–H and O–H groups in total. The van der Waals surface area contributed by atoms with Gasteiger partial charge in [0.05, 0.1) is 19.8 Å². The van der Waals surface area contributed by atoms with Crippen molar-refractivity contribution in [3.8, 4) is 0 Å². The van der Waals surface area contributed by atoms with Gasteiger partial charge in [-0.25, -0.2) is 0 Å². The molecule has 0 spiro atoms. The van der Waals surface area contributed by atoms with Crippen molar-refractivity contribution in [3.05, 3.63) is 0 Å². The molecule has 0 saturated carbocycles. The van der Waals surface area contributed by atoms with Crippen molar-refractivity contribution in [3.63, 3.8) is 0 Å². The van der Waals surface area contributed by atoms with Crippen LogP contribution in [0.25, 0.3) is 0 Å². The third kappa shape index (κ3) is 3.41. The maximum absolute atomic E-state index is 9.93. The Labute approximate surface area is 126 Å². The number of rotatable bonds is 4. The average Bonchev–Trinajstić information content (AvgIpc) is 2.52. The lowest BCUT2D eigenvalue weighted by atomic mass is 9.97. The van der Waals surface area contributed by atoms with Gasteiger partial charge in [-0.3, -0.25) is 0 Å².